The fraction of sp³-hybridized carbons (Fsp3) is 0.308. The third-order valence-corrected chi connectivity index (χ3v) is 5.84. The predicted molar refractivity (Wildman–Crippen MR) is 72.9 cm³/mol. The maximum atomic E-state index is 11.6. The lowest BCUT2D eigenvalue weighted by molar-refractivity contribution is 0.219. The molecule has 0 spiro atoms. The number of thiazole rings is 1. The van der Waals surface area contributed by atoms with Gasteiger partial charge in [0.25, 0.3) is 0 Å². The highest BCUT2D eigenvalue weighted by Gasteiger charge is 2.38. The van der Waals surface area contributed by atoms with Crippen molar-refractivity contribution in [2.75, 3.05) is 12.4 Å². The van der Waals surface area contributed by atoms with Crippen molar-refractivity contribution in [3.05, 3.63) is 44.4 Å². The monoisotopic (exact) mass is 277 g/mol. The number of hydrogen-bond donors (Lipinski definition) is 1. The van der Waals surface area contributed by atoms with Crippen molar-refractivity contribution in [3.63, 3.8) is 0 Å². The summed E-state index contributed by atoms with van der Waals surface area (Å²) in [5.41, 5.74) is 1.23. The molecule has 2 aromatic rings. The zero-order chi connectivity index (χ0) is 12.1. The number of hydrogen-bond acceptors (Lipinski definition) is 4. The number of aromatic amines is 1. The number of nitrogens with one attached hydrogen (secondary N) is 1. The van der Waals surface area contributed by atoms with Crippen LogP contribution < -0.4 is 9.61 Å². The molecule has 4 rings (SSSR count). The van der Waals surface area contributed by atoms with E-state index in [2.05, 4.69) is 11.1 Å². The van der Waals surface area contributed by atoms with Gasteiger partial charge in [0, 0.05) is 28.0 Å². The number of aromatic nitrogens is 1. The van der Waals surface area contributed by atoms with E-state index in [-0.39, 0.29) is 4.87 Å². The molecule has 0 bridgehead atoms. The fourth-order valence-electron chi connectivity index (χ4n) is 2.74. The van der Waals surface area contributed by atoms with Gasteiger partial charge in [-0.05, 0) is 6.07 Å². The normalized spacial score (nSPS) is 24.7. The molecular formula is C13H11NO2S2. The van der Waals surface area contributed by atoms with Crippen LogP contribution in [-0.4, -0.2) is 17.3 Å². The highest BCUT2D eigenvalue weighted by molar-refractivity contribution is 7.99. The molecule has 3 nitrogen and oxygen atoms in total. The van der Waals surface area contributed by atoms with Crippen molar-refractivity contribution < 1.29 is 4.74 Å². The Bertz CT molecular complexity index is 661. The lowest BCUT2D eigenvalue weighted by atomic mass is 9.84. The summed E-state index contributed by atoms with van der Waals surface area (Å²) in [6.07, 6.45) is 0. The van der Waals surface area contributed by atoms with E-state index in [0.717, 1.165) is 23.1 Å². The van der Waals surface area contributed by atoms with E-state index in [1.165, 1.54) is 21.8 Å². The third-order valence-electron chi connectivity index (χ3n) is 3.54. The molecule has 18 heavy (non-hydrogen) atoms. The second kappa shape index (κ2) is 3.90. The summed E-state index contributed by atoms with van der Waals surface area (Å²) in [6.45, 7) is 0.750. The standard InChI is InChI=1S/C13H11NO2S2/c15-13-14-12-11(18-13)10-7(6-17-12)5-16-9-4-2-1-3-8(9)10/h1-4,7,10H,5-6H2,(H,14,15)/t7-,10-/m1/s1. The minimum absolute atomic E-state index is 0.0529. The first kappa shape index (κ1) is 10.7. The highest BCUT2D eigenvalue weighted by Crippen LogP contribution is 2.49. The largest absolute Gasteiger partial charge is 0.493 e. The van der Waals surface area contributed by atoms with E-state index < -0.39 is 0 Å². The van der Waals surface area contributed by atoms with Gasteiger partial charge in [-0.1, -0.05) is 29.5 Å². The van der Waals surface area contributed by atoms with Crippen LogP contribution in [0.15, 0.2) is 34.1 Å². The molecular weight excluding hydrogens is 266 g/mol. The maximum absolute atomic E-state index is 11.6. The van der Waals surface area contributed by atoms with Crippen molar-refractivity contribution in [1.82, 2.24) is 4.98 Å². The molecule has 1 N–H and O–H groups in total. The van der Waals surface area contributed by atoms with Gasteiger partial charge in [-0.15, -0.1) is 11.8 Å². The average Bonchev–Trinajstić information content (AvgIpc) is 2.78. The van der Waals surface area contributed by atoms with Gasteiger partial charge in [-0.2, -0.15) is 0 Å². The predicted octanol–water partition coefficient (Wildman–Crippen LogP) is 2.68. The van der Waals surface area contributed by atoms with E-state index in [1.54, 1.807) is 11.8 Å². The van der Waals surface area contributed by atoms with Crippen LogP contribution in [0.25, 0.3) is 0 Å². The molecule has 0 aliphatic carbocycles. The molecule has 1 aromatic heterocycles. The molecule has 0 amide bonds. The van der Waals surface area contributed by atoms with Crippen molar-refractivity contribution in [3.8, 4) is 5.75 Å². The van der Waals surface area contributed by atoms with Crippen LogP contribution in [0.1, 0.15) is 16.4 Å². The summed E-state index contributed by atoms with van der Waals surface area (Å²) in [5, 5.41) is 1.06. The first-order valence-corrected chi connectivity index (χ1v) is 7.70. The number of ether oxygens (including phenoxy) is 1. The number of thioether (sulfide) groups is 1. The highest BCUT2D eigenvalue weighted by atomic mass is 32.2. The first-order chi connectivity index (χ1) is 8.83. The van der Waals surface area contributed by atoms with Crippen LogP contribution in [0.4, 0.5) is 0 Å². The second-order valence-corrected chi connectivity index (χ2v) is 6.65. The Morgan fingerprint density at radius 1 is 1.33 bits per heavy atom. The van der Waals surface area contributed by atoms with E-state index >= 15 is 0 Å². The summed E-state index contributed by atoms with van der Waals surface area (Å²) >= 11 is 3.10. The van der Waals surface area contributed by atoms with Gasteiger partial charge in [-0.25, -0.2) is 0 Å². The van der Waals surface area contributed by atoms with E-state index in [4.69, 9.17) is 4.74 Å². The van der Waals surface area contributed by atoms with Gasteiger partial charge in [0.15, 0.2) is 0 Å². The van der Waals surface area contributed by atoms with Crippen molar-refractivity contribution in [2.45, 2.75) is 10.9 Å². The molecule has 0 saturated heterocycles. The van der Waals surface area contributed by atoms with Crippen LogP contribution in [-0.2, 0) is 0 Å². The Hall–Kier alpha value is -1.20. The fourth-order valence-corrected chi connectivity index (χ4v) is 5.16. The van der Waals surface area contributed by atoms with Gasteiger partial charge in [0.2, 0.25) is 0 Å². The zero-order valence-electron chi connectivity index (χ0n) is 9.51. The molecule has 0 saturated carbocycles. The summed E-state index contributed by atoms with van der Waals surface area (Å²) in [6, 6.07) is 8.18. The minimum Gasteiger partial charge on any atom is -0.493 e. The topological polar surface area (TPSA) is 42.1 Å². The molecule has 3 heterocycles. The Kier molecular flexibility index (Phi) is 2.32. The molecule has 2 atom stereocenters. The van der Waals surface area contributed by atoms with Gasteiger partial charge in [-0.3, -0.25) is 4.79 Å². The van der Waals surface area contributed by atoms with Gasteiger partial charge < -0.3 is 9.72 Å². The van der Waals surface area contributed by atoms with Crippen LogP contribution in [0.5, 0.6) is 5.75 Å². The number of rotatable bonds is 0. The Balaban J connectivity index is 1.93. The van der Waals surface area contributed by atoms with Crippen LogP contribution >= 0.6 is 23.1 Å². The zero-order valence-corrected chi connectivity index (χ0v) is 11.1. The number of H-pyrrole nitrogens is 1. The average molecular weight is 277 g/mol. The molecule has 0 fully saturated rings. The number of para-hydroxylation sites is 1. The Labute approximate surface area is 112 Å². The summed E-state index contributed by atoms with van der Waals surface area (Å²) in [5.74, 6) is 2.79. The second-order valence-electron chi connectivity index (χ2n) is 4.61. The molecule has 5 heteroatoms. The van der Waals surface area contributed by atoms with E-state index in [9.17, 15) is 4.79 Å². The summed E-state index contributed by atoms with van der Waals surface area (Å²) in [7, 11) is 0. The van der Waals surface area contributed by atoms with Gasteiger partial charge >= 0.3 is 4.87 Å². The number of benzene rings is 1. The summed E-state index contributed by atoms with van der Waals surface area (Å²) < 4.78 is 5.82. The lowest BCUT2D eigenvalue weighted by Gasteiger charge is -2.35. The van der Waals surface area contributed by atoms with E-state index in [1.807, 2.05) is 18.2 Å². The molecule has 0 radical (unpaired) electrons. The van der Waals surface area contributed by atoms with Gasteiger partial charge in [0.05, 0.1) is 11.6 Å². The molecule has 2 aliphatic heterocycles. The van der Waals surface area contributed by atoms with Crippen molar-refractivity contribution >= 4 is 23.1 Å². The van der Waals surface area contributed by atoms with Crippen molar-refractivity contribution in [2.24, 2.45) is 5.92 Å². The first-order valence-electron chi connectivity index (χ1n) is 5.90. The van der Waals surface area contributed by atoms with Crippen molar-refractivity contribution in [1.29, 1.82) is 0 Å². The molecule has 92 valence electrons. The third kappa shape index (κ3) is 1.47. The van der Waals surface area contributed by atoms with Crippen LogP contribution in [0, 0.1) is 5.92 Å². The maximum Gasteiger partial charge on any atom is 0.305 e. The summed E-state index contributed by atoms with van der Waals surface area (Å²) in [4.78, 5) is 15.8. The Morgan fingerprint density at radius 2 is 2.22 bits per heavy atom. The van der Waals surface area contributed by atoms with Crippen LogP contribution in [0.3, 0.4) is 0 Å². The quantitative estimate of drug-likeness (QED) is 0.805. The van der Waals surface area contributed by atoms with Gasteiger partial charge in [0.1, 0.15) is 5.75 Å². The SMILES string of the molecule is O=c1[nH]c2c(s1)[C@H]1c3ccccc3OC[C@@H]1CS2. The van der Waals surface area contributed by atoms with E-state index in [0.29, 0.717) is 11.8 Å². The Morgan fingerprint density at radius 3 is 3.17 bits per heavy atom. The van der Waals surface area contributed by atoms with Crippen LogP contribution in [0.2, 0.25) is 0 Å². The molecule has 0 unspecified atom stereocenters. The molecule has 1 aromatic carbocycles. The molecule has 2 aliphatic rings. The number of fused-ring (bicyclic) bond motifs is 5. The lowest BCUT2D eigenvalue weighted by Crippen LogP contribution is -2.30. The smallest absolute Gasteiger partial charge is 0.305 e. The minimum atomic E-state index is 0.0529.